The molecule has 2 aromatic rings. The highest BCUT2D eigenvalue weighted by Crippen LogP contribution is 2.22. The number of thioether (sulfide) groups is 1. The Morgan fingerprint density at radius 1 is 1.24 bits per heavy atom. The van der Waals surface area contributed by atoms with Crippen LogP contribution >= 0.6 is 11.8 Å². The number of carbonyl (C=O) groups excluding carboxylic acids is 1. The first kappa shape index (κ1) is 15.4. The van der Waals surface area contributed by atoms with Gasteiger partial charge in [0, 0.05) is 0 Å². The Morgan fingerprint density at radius 2 is 1.95 bits per heavy atom. The molecular weight excluding hydrogens is 284 g/mol. The largest absolute Gasteiger partial charge is 0.483 e. The summed E-state index contributed by atoms with van der Waals surface area (Å²) in [5, 5.41) is 3.68. The predicted octanol–water partition coefficient (Wildman–Crippen LogP) is 3.44. The smallest absolute Gasteiger partial charge is 0.262 e. The second-order valence-corrected chi connectivity index (χ2v) is 5.47. The minimum absolute atomic E-state index is 0.0179. The normalized spacial score (nSPS) is 10.2. The first-order valence-corrected chi connectivity index (χ1v) is 7.81. The Labute approximate surface area is 128 Å². The molecule has 4 nitrogen and oxygen atoms in total. The molecular formula is C16H18N2O2S. The number of amides is 1. The molecule has 0 saturated heterocycles. The van der Waals surface area contributed by atoms with Gasteiger partial charge in [0.2, 0.25) is 0 Å². The number of ether oxygens (including phenoxy) is 1. The number of nitrogens with zero attached hydrogens (tertiary/aromatic N) is 1. The van der Waals surface area contributed by atoms with Crippen LogP contribution in [-0.4, -0.2) is 23.8 Å². The number of aryl methyl sites for hydroxylation is 2. The predicted molar refractivity (Wildman–Crippen MR) is 86.1 cm³/mol. The molecule has 0 saturated carbocycles. The summed E-state index contributed by atoms with van der Waals surface area (Å²) < 4.78 is 5.61. The highest BCUT2D eigenvalue weighted by atomic mass is 32.2. The lowest BCUT2D eigenvalue weighted by atomic mass is 10.1. The first-order valence-electron chi connectivity index (χ1n) is 6.59. The molecule has 0 bridgehead atoms. The van der Waals surface area contributed by atoms with Crippen molar-refractivity contribution >= 4 is 23.4 Å². The van der Waals surface area contributed by atoms with Crippen molar-refractivity contribution in [1.29, 1.82) is 0 Å². The monoisotopic (exact) mass is 302 g/mol. The molecule has 110 valence electrons. The number of anilines is 1. The number of para-hydroxylation sites is 1. The molecule has 0 unspecified atom stereocenters. The van der Waals surface area contributed by atoms with Crippen molar-refractivity contribution in [3.05, 3.63) is 47.7 Å². The van der Waals surface area contributed by atoms with Crippen LogP contribution in [0.4, 0.5) is 5.69 Å². The Balaban J connectivity index is 1.92. The summed E-state index contributed by atoms with van der Waals surface area (Å²) in [5.41, 5.74) is 2.71. The zero-order valence-corrected chi connectivity index (χ0v) is 13.2. The van der Waals surface area contributed by atoms with Crippen molar-refractivity contribution in [2.45, 2.75) is 18.9 Å². The van der Waals surface area contributed by atoms with Gasteiger partial charge in [-0.25, -0.2) is 4.98 Å². The SMILES string of the molecule is CSc1ccc(NC(=O)COc2c(C)cccc2C)cn1. The van der Waals surface area contributed by atoms with Gasteiger partial charge < -0.3 is 10.1 Å². The molecule has 1 amide bonds. The number of nitrogens with one attached hydrogen (secondary N) is 1. The van der Waals surface area contributed by atoms with Crippen LogP contribution in [0.1, 0.15) is 11.1 Å². The first-order chi connectivity index (χ1) is 10.1. The molecule has 0 aliphatic heterocycles. The van der Waals surface area contributed by atoms with Crippen molar-refractivity contribution < 1.29 is 9.53 Å². The van der Waals surface area contributed by atoms with Crippen molar-refractivity contribution in [2.24, 2.45) is 0 Å². The quantitative estimate of drug-likeness (QED) is 0.860. The van der Waals surface area contributed by atoms with E-state index in [-0.39, 0.29) is 12.5 Å². The van der Waals surface area contributed by atoms with Gasteiger partial charge in [-0.15, -0.1) is 11.8 Å². The Kier molecular flexibility index (Phi) is 5.22. The molecule has 21 heavy (non-hydrogen) atoms. The molecule has 1 aromatic carbocycles. The lowest BCUT2D eigenvalue weighted by Crippen LogP contribution is -2.20. The summed E-state index contributed by atoms with van der Waals surface area (Å²) in [7, 11) is 0. The fourth-order valence-corrected chi connectivity index (χ4v) is 2.30. The van der Waals surface area contributed by atoms with E-state index < -0.39 is 0 Å². The van der Waals surface area contributed by atoms with E-state index in [2.05, 4.69) is 10.3 Å². The Morgan fingerprint density at radius 3 is 2.52 bits per heavy atom. The minimum atomic E-state index is -0.198. The van der Waals surface area contributed by atoms with Gasteiger partial charge in [0.05, 0.1) is 16.9 Å². The summed E-state index contributed by atoms with van der Waals surface area (Å²) in [6.07, 6.45) is 3.60. The van der Waals surface area contributed by atoms with Crippen LogP contribution in [0.15, 0.2) is 41.6 Å². The third kappa shape index (κ3) is 4.23. The molecule has 0 spiro atoms. The zero-order valence-electron chi connectivity index (χ0n) is 12.3. The number of hydrogen-bond acceptors (Lipinski definition) is 4. The molecule has 0 fully saturated rings. The summed E-state index contributed by atoms with van der Waals surface area (Å²) in [6, 6.07) is 9.59. The maximum Gasteiger partial charge on any atom is 0.262 e. The molecule has 0 aliphatic rings. The number of benzene rings is 1. The number of pyridine rings is 1. The fraction of sp³-hybridized carbons (Fsp3) is 0.250. The lowest BCUT2D eigenvalue weighted by Gasteiger charge is -2.12. The van der Waals surface area contributed by atoms with E-state index in [1.165, 1.54) is 0 Å². The van der Waals surface area contributed by atoms with Gasteiger partial charge in [-0.3, -0.25) is 4.79 Å². The van der Waals surface area contributed by atoms with E-state index in [0.717, 1.165) is 21.9 Å². The number of aromatic nitrogens is 1. The van der Waals surface area contributed by atoms with Gasteiger partial charge in [-0.05, 0) is 43.4 Å². The van der Waals surface area contributed by atoms with Gasteiger partial charge in [0.15, 0.2) is 6.61 Å². The van der Waals surface area contributed by atoms with Gasteiger partial charge in [-0.2, -0.15) is 0 Å². The van der Waals surface area contributed by atoms with Gasteiger partial charge in [0.1, 0.15) is 5.75 Å². The van der Waals surface area contributed by atoms with Gasteiger partial charge in [-0.1, -0.05) is 18.2 Å². The highest BCUT2D eigenvalue weighted by molar-refractivity contribution is 7.98. The van der Waals surface area contributed by atoms with Crippen LogP contribution in [0.3, 0.4) is 0 Å². The van der Waals surface area contributed by atoms with Crippen LogP contribution in [0.5, 0.6) is 5.75 Å². The van der Waals surface area contributed by atoms with E-state index in [1.54, 1.807) is 18.0 Å². The molecule has 0 atom stereocenters. The van der Waals surface area contributed by atoms with Crippen LogP contribution < -0.4 is 10.1 Å². The maximum absolute atomic E-state index is 11.9. The maximum atomic E-state index is 11.9. The third-order valence-corrected chi connectivity index (χ3v) is 3.65. The number of rotatable bonds is 5. The minimum Gasteiger partial charge on any atom is -0.483 e. The van der Waals surface area contributed by atoms with Crippen LogP contribution in [0.25, 0.3) is 0 Å². The standard InChI is InChI=1S/C16H18N2O2S/c1-11-5-4-6-12(2)16(11)20-10-14(19)18-13-7-8-15(21-3)17-9-13/h4-9H,10H2,1-3H3,(H,18,19). The second kappa shape index (κ2) is 7.13. The van der Waals surface area contributed by atoms with E-state index in [4.69, 9.17) is 4.74 Å². The van der Waals surface area contributed by atoms with Crippen molar-refractivity contribution in [1.82, 2.24) is 4.98 Å². The molecule has 1 heterocycles. The van der Waals surface area contributed by atoms with E-state index in [1.807, 2.05) is 50.4 Å². The van der Waals surface area contributed by atoms with Crippen molar-refractivity contribution in [3.8, 4) is 5.75 Å². The van der Waals surface area contributed by atoms with E-state index >= 15 is 0 Å². The number of hydrogen-bond donors (Lipinski definition) is 1. The van der Waals surface area contributed by atoms with Crippen molar-refractivity contribution in [2.75, 3.05) is 18.2 Å². The average Bonchev–Trinajstić information content (AvgIpc) is 2.47. The second-order valence-electron chi connectivity index (χ2n) is 4.65. The van der Waals surface area contributed by atoms with Gasteiger partial charge in [0.25, 0.3) is 5.91 Å². The van der Waals surface area contributed by atoms with Crippen LogP contribution in [0.2, 0.25) is 0 Å². The van der Waals surface area contributed by atoms with Crippen molar-refractivity contribution in [3.63, 3.8) is 0 Å². The number of carbonyl (C=O) groups is 1. The summed E-state index contributed by atoms with van der Waals surface area (Å²) in [4.78, 5) is 16.1. The van der Waals surface area contributed by atoms with E-state index in [0.29, 0.717) is 5.69 Å². The van der Waals surface area contributed by atoms with E-state index in [9.17, 15) is 4.79 Å². The third-order valence-electron chi connectivity index (χ3n) is 2.99. The summed E-state index contributed by atoms with van der Waals surface area (Å²) >= 11 is 1.56. The Hall–Kier alpha value is -2.01. The molecule has 0 radical (unpaired) electrons. The molecule has 2 rings (SSSR count). The molecule has 5 heteroatoms. The van der Waals surface area contributed by atoms with Crippen LogP contribution in [0, 0.1) is 13.8 Å². The van der Waals surface area contributed by atoms with Gasteiger partial charge >= 0.3 is 0 Å². The Bertz CT molecular complexity index is 606. The average molecular weight is 302 g/mol. The fourth-order valence-electron chi connectivity index (χ4n) is 1.94. The molecule has 0 aliphatic carbocycles. The van der Waals surface area contributed by atoms with Crippen LogP contribution in [-0.2, 0) is 4.79 Å². The molecule has 1 aromatic heterocycles. The summed E-state index contributed by atoms with van der Waals surface area (Å²) in [5.74, 6) is 0.569. The zero-order chi connectivity index (χ0) is 15.2. The molecule has 1 N–H and O–H groups in total. The summed E-state index contributed by atoms with van der Waals surface area (Å²) in [6.45, 7) is 3.91. The topological polar surface area (TPSA) is 51.2 Å². The highest BCUT2D eigenvalue weighted by Gasteiger charge is 2.07. The lowest BCUT2D eigenvalue weighted by molar-refractivity contribution is -0.118.